The van der Waals surface area contributed by atoms with E-state index in [0.29, 0.717) is 22.8 Å². The summed E-state index contributed by atoms with van der Waals surface area (Å²) in [6, 6.07) is 5.35. The molecule has 0 saturated carbocycles. The zero-order chi connectivity index (χ0) is 19.5. The van der Waals surface area contributed by atoms with Crippen LogP contribution in [0.4, 0.5) is 11.5 Å². The lowest BCUT2D eigenvalue weighted by Gasteiger charge is -2.32. The Hall–Kier alpha value is -3.36. The lowest BCUT2D eigenvalue weighted by atomic mass is 9.95. The number of carbonyl (C=O) groups excluding carboxylic acids is 1. The zero-order valence-corrected chi connectivity index (χ0v) is 15.8. The molecule has 1 aliphatic rings. The minimum Gasteiger partial charge on any atom is -0.493 e. The van der Waals surface area contributed by atoms with Crippen molar-refractivity contribution in [1.82, 2.24) is 19.9 Å². The van der Waals surface area contributed by atoms with Crippen LogP contribution in [0.3, 0.4) is 0 Å². The van der Waals surface area contributed by atoms with Crippen LogP contribution in [0.5, 0.6) is 11.5 Å². The molecule has 0 unspecified atom stereocenters. The molecule has 1 saturated heterocycles. The molecule has 2 aromatic heterocycles. The molecule has 0 atom stereocenters. The molecule has 1 aromatic carbocycles. The summed E-state index contributed by atoms with van der Waals surface area (Å²) in [6.07, 6.45) is 4.64. The number of carbonyl (C=O) groups is 1. The maximum Gasteiger partial charge on any atom is 0.227 e. The number of imidazole rings is 1. The van der Waals surface area contributed by atoms with Crippen LogP contribution in [-0.4, -0.2) is 53.2 Å². The molecule has 3 heterocycles. The van der Waals surface area contributed by atoms with Gasteiger partial charge in [0, 0.05) is 30.8 Å². The highest BCUT2D eigenvalue weighted by Gasteiger charge is 2.27. The Balaban J connectivity index is 1.40. The second kappa shape index (κ2) is 7.71. The van der Waals surface area contributed by atoms with E-state index in [4.69, 9.17) is 9.47 Å². The molecule has 1 amide bonds. The molecule has 9 heteroatoms. The fourth-order valence-electron chi connectivity index (χ4n) is 3.50. The number of aromatic amines is 1. The van der Waals surface area contributed by atoms with E-state index in [2.05, 4.69) is 30.2 Å². The second-order valence-electron chi connectivity index (χ2n) is 6.62. The number of H-pyrrole nitrogens is 1. The van der Waals surface area contributed by atoms with Crippen molar-refractivity contribution >= 4 is 28.6 Å². The highest BCUT2D eigenvalue weighted by molar-refractivity contribution is 5.93. The predicted octanol–water partition coefficient (Wildman–Crippen LogP) is 2.23. The summed E-state index contributed by atoms with van der Waals surface area (Å²) in [5.41, 5.74) is 2.18. The molecular formula is C19H22N6O3. The third-order valence-electron chi connectivity index (χ3n) is 5.02. The van der Waals surface area contributed by atoms with Crippen molar-refractivity contribution in [1.29, 1.82) is 0 Å². The van der Waals surface area contributed by atoms with Gasteiger partial charge < -0.3 is 24.7 Å². The third-order valence-corrected chi connectivity index (χ3v) is 5.02. The average molecular weight is 382 g/mol. The van der Waals surface area contributed by atoms with Gasteiger partial charge in [-0.3, -0.25) is 4.79 Å². The van der Waals surface area contributed by atoms with E-state index in [1.54, 1.807) is 32.7 Å². The molecule has 0 spiro atoms. The SMILES string of the molecule is COc1ccc(NC(=O)C2CCN(c3ncnc4nc[nH]c34)CC2)cc1OC. The number of nitrogens with zero attached hydrogens (tertiary/aromatic N) is 4. The number of methoxy groups -OCH3 is 2. The van der Waals surface area contributed by atoms with Crippen LogP contribution in [-0.2, 0) is 4.79 Å². The van der Waals surface area contributed by atoms with Gasteiger partial charge in [-0.15, -0.1) is 0 Å². The Morgan fingerprint density at radius 2 is 1.93 bits per heavy atom. The van der Waals surface area contributed by atoms with E-state index < -0.39 is 0 Å². The van der Waals surface area contributed by atoms with Gasteiger partial charge in [-0.1, -0.05) is 0 Å². The first-order valence-electron chi connectivity index (χ1n) is 9.11. The highest BCUT2D eigenvalue weighted by Crippen LogP contribution is 2.31. The number of hydrogen-bond acceptors (Lipinski definition) is 7. The van der Waals surface area contributed by atoms with Gasteiger partial charge in [0.25, 0.3) is 0 Å². The Morgan fingerprint density at radius 1 is 1.14 bits per heavy atom. The number of rotatable bonds is 5. The molecule has 1 fully saturated rings. The maximum atomic E-state index is 12.7. The Morgan fingerprint density at radius 3 is 2.68 bits per heavy atom. The van der Waals surface area contributed by atoms with Gasteiger partial charge in [-0.2, -0.15) is 0 Å². The Labute approximate surface area is 162 Å². The second-order valence-corrected chi connectivity index (χ2v) is 6.62. The van der Waals surface area contributed by atoms with Crippen molar-refractivity contribution in [3.05, 3.63) is 30.9 Å². The quantitative estimate of drug-likeness (QED) is 0.697. The monoisotopic (exact) mass is 382 g/mol. The number of anilines is 2. The summed E-state index contributed by atoms with van der Waals surface area (Å²) in [6.45, 7) is 1.49. The molecule has 28 heavy (non-hydrogen) atoms. The number of fused-ring (bicyclic) bond motifs is 1. The number of hydrogen-bond donors (Lipinski definition) is 2. The van der Waals surface area contributed by atoms with Gasteiger partial charge in [0.1, 0.15) is 11.8 Å². The standard InChI is InChI=1S/C19H22N6O3/c1-27-14-4-3-13(9-15(14)28-2)24-19(26)12-5-7-25(8-6-12)18-16-17(21-10-20-16)22-11-23-18/h3-4,9-12H,5-8H2,1-2H3,(H,24,26)(H,20,21,22,23). The van der Waals surface area contributed by atoms with E-state index in [-0.39, 0.29) is 11.8 Å². The maximum absolute atomic E-state index is 12.7. The number of nitrogens with one attached hydrogen (secondary N) is 2. The highest BCUT2D eigenvalue weighted by atomic mass is 16.5. The molecule has 2 N–H and O–H groups in total. The van der Waals surface area contributed by atoms with E-state index in [9.17, 15) is 4.79 Å². The topological polar surface area (TPSA) is 105 Å². The molecule has 0 radical (unpaired) electrons. The number of amides is 1. The van der Waals surface area contributed by atoms with Crippen LogP contribution in [0, 0.1) is 5.92 Å². The number of benzene rings is 1. The van der Waals surface area contributed by atoms with Gasteiger partial charge in [0.05, 0.1) is 20.5 Å². The minimum absolute atomic E-state index is 0.0150. The fraction of sp³-hybridized carbons (Fsp3) is 0.368. The summed E-state index contributed by atoms with van der Waals surface area (Å²) in [4.78, 5) is 30.7. The van der Waals surface area contributed by atoms with Crippen LogP contribution < -0.4 is 19.7 Å². The Kier molecular flexibility index (Phi) is 4.96. The van der Waals surface area contributed by atoms with Gasteiger partial charge in [0.2, 0.25) is 5.91 Å². The number of aromatic nitrogens is 4. The first-order chi connectivity index (χ1) is 13.7. The van der Waals surface area contributed by atoms with Gasteiger partial charge in [-0.05, 0) is 25.0 Å². The fourth-order valence-corrected chi connectivity index (χ4v) is 3.50. The van der Waals surface area contributed by atoms with Crippen molar-refractivity contribution < 1.29 is 14.3 Å². The number of piperidine rings is 1. The van der Waals surface area contributed by atoms with Crippen molar-refractivity contribution in [3.8, 4) is 11.5 Å². The molecule has 0 aliphatic carbocycles. The van der Waals surface area contributed by atoms with Crippen molar-refractivity contribution in [2.24, 2.45) is 5.92 Å². The van der Waals surface area contributed by atoms with E-state index in [1.165, 1.54) is 6.33 Å². The summed E-state index contributed by atoms with van der Waals surface area (Å²) < 4.78 is 10.5. The first-order valence-corrected chi connectivity index (χ1v) is 9.11. The van der Waals surface area contributed by atoms with Gasteiger partial charge in [0.15, 0.2) is 23.0 Å². The van der Waals surface area contributed by atoms with Crippen LogP contribution in [0.15, 0.2) is 30.9 Å². The molecule has 3 aromatic rings. The molecule has 1 aliphatic heterocycles. The van der Waals surface area contributed by atoms with Gasteiger partial charge >= 0.3 is 0 Å². The van der Waals surface area contributed by atoms with Crippen molar-refractivity contribution in [2.45, 2.75) is 12.8 Å². The largest absolute Gasteiger partial charge is 0.493 e. The summed E-state index contributed by atoms with van der Waals surface area (Å²) in [7, 11) is 3.15. The molecule has 4 rings (SSSR count). The first kappa shape index (κ1) is 18.0. The smallest absolute Gasteiger partial charge is 0.227 e. The normalized spacial score (nSPS) is 14.9. The van der Waals surface area contributed by atoms with Crippen LogP contribution in [0.2, 0.25) is 0 Å². The lowest BCUT2D eigenvalue weighted by Crippen LogP contribution is -2.38. The molecule has 9 nitrogen and oxygen atoms in total. The summed E-state index contributed by atoms with van der Waals surface area (Å²) in [5.74, 6) is 2.01. The summed E-state index contributed by atoms with van der Waals surface area (Å²) in [5, 5.41) is 2.98. The molecular weight excluding hydrogens is 360 g/mol. The minimum atomic E-state index is -0.0524. The Bertz CT molecular complexity index is 981. The molecule has 0 bridgehead atoms. The predicted molar refractivity (Wildman–Crippen MR) is 105 cm³/mol. The van der Waals surface area contributed by atoms with Crippen LogP contribution in [0.25, 0.3) is 11.2 Å². The van der Waals surface area contributed by atoms with E-state index in [1.807, 2.05) is 6.07 Å². The molecule has 146 valence electrons. The average Bonchev–Trinajstić information content (AvgIpc) is 3.22. The summed E-state index contributed by atoms with van der Waals surface area (Å²) >= 11 is 0. The zero-order valence-electron chi connectivity index (χ0n) is 15.8. The van der Waals surface area contributed by atoms with E-state index >= 15 is 0 Å². The van der Waals surface area contributed by atoms with Gasteiger partial charge in [-0.25, -0.2) is 15.0 Å². The van der Waals surface area contributed by atoms with Crippen molar-refractivity contribution in [2.75, 3.05) is 37.5 Å². The number of ether oxygens (including phenoxy) is 2. The lowest BCUT2D eigenvalue weighted by molar-refractivity contribution is -0.120. The van der Waals surface area contributed by atoms with E-state index in [0.717, 1.165) is 37.3 Å². The third kappa shape index (κ3) is 3.42. The van der Waals surface area contributed by atoms with Crippen LogP contribution in [0.1, 0.15) is 12.8 Å². The van der Waals surface area contributed by atoms with Crippen molar-refractivity contribution in [3.63, 3.8) is 0 Å². The van der Waals surface area contributed by atoms with Crippen LogP contribution >= 0.6 is 0 Å².